The van der Waals surface area contributed by atoms with Gasteiger partial charge in [-0.25, -0.2) is 0 Å². The summed E-state index contributed by atoms with van der Waals surface area (Å²) >= 11 is 0. The number of hydrogen-bond acceptors (Lipinski definition) is 2. The molecule has 1 N–H and O–H groups in total. The van der Waals surface area contributed by atoms with Crippen LogP contribution in [0.25, 0.3) is 0 Å². The van der Waals surface area contributed by atoms with Gasteiger partial charge < -0.3 is 5.32 Å². The minimum Gasteiger partial charge on any atom is -0.313 e. The zero-order valence-corrected chi connectivity index (χ0v) is 8.27. The summed E-state index contributed by atoms with van der Waals surface area (Å²) in [7, 11) is 0. The van der Waals surface area contributed by atoms with Crippen LogP contribution in [0.15, 0.2) is 0 Å². The highest BCUT2D eigenvalue weighted by Crippen LogP contribution is 2.32. The van der Waals surface area contributed by atoms with Crippen molar-refractivity contribution in [1.29, 1.82) is 0 Å². The van der Waals surface area contributed by atoms with E-state index in [1.165, 1.54) is 39.0 Å². The molecule has 2 aliphatic rings. The first-order valence-corrected chi connectivity index (χ1v) is 5.19. The van der Waals surface area contributed by atoms with Gasteiger partial charge in [-0.15, -0.1) is 0 Å². The molecule has 1 spiro atoms. The molecule has 2 fully saturated rings. The average molecular weight is 168 g/mol. The Hall–Kier alpha value is -0.0800. The second-order valence-electron chi connectivity index (χ2n) is 4.77. The van der Waals surface area contributed by atoms with Crippen LogP contribution in [0.3, 0.4) is 0 Å². The summed E-state index contributed by atoms with van der Waals surface area (Å²) < 4.78 is 0. The predicted molar refractivity (Wildman–Crippen MR) is 51.2 cm³/mol. The quantitative estimate of drug-likeness (QED) is 0.664. The van der Waals surface area contributed by atoms with Crippen molar-refractivity contribution in [2.24, 2.45) is 5.92 Å². The summed E-state index contributed by atoms with van der Waals surface area (Å²) in [4.78, 5) is 2.70. The zero-order valence-electron chi connectivity index (χ0n) is 8.27. The molecule has 2 nitrogen and oxygen atoms in total. The van der Waals surface area contributed by atoms with Gasteiger partial charge in [0.15, 0.2) is 0 Å². The van der Waals surface area contributed by atoms with Crippen LogP contribution in [-0.4, -0.2) is 36.6 Å². The van der Waals surface area contributed by atoms with Gasteiger partial charge in [-0.05, 0) is 25.3 Å². The lowest BCUT2D eigenvalue weighted by molar-refractivity contribution is 0.0688. The van der Waals surface area contributed by atoms with E-state index in [1.54, 1.807) is 0 Å². The number of nitrogens with zero attached hydrogens (tertiary/aromatic N) is 1. The summed E-state index contributed by atoms with van der Waals surface area (Å²) in [6, 6.07) is 0. The van der Waals surface area contributed by atoms with Gasteiger partial charge in [-0.3, -0.25) is 4.90 Å². The van der Waals surface area contributed by atoms with Crippen LogP contribution in [0.2, 0.25) is 0 Å². The highest BCUT2D eigenvalue weighted by atomic mass is 15.3. The summed E-state index contributed by atoms with van der Waals surface area (Å²) in [6.45, 7) is 9.73. The average Bonchev–Trinajstić information content (AvgIpc) is 2.28. The Morgan fingerprint density at radius 3 is 2.67 bits per heavy atom. The van der Waals surface area contributed by atoms with Gasteiger partial charge in [-0.2, -0.15) is 0 Å². The maximum absolute atomic E-state index is 3.41. The van der Waals surface area contributed by atoms with Crippen LogP contribution in [0.4, 0.5) is 0 Å². The van der Waals surface area contributed by atoms with Crippen molar-refractivity contribution in [3.63, 3.8) is 0 Å². The fraction of sp³-hybridized carbons (Fsp3) is 1.00. The molecule has 2 heteroatoms. The minimum absolute atomic E-state index is 0.588. The Morgan fingerprint density at radius 2 is 2.17 bits per heavy atom. The number of likely N-dealkylation sites (tertiary alicyclic amines) is 1. The minimum atomic E-state index is 0.588. The van der Waals surface area contributed by atoms with E-state index in [1.807, 2.05) is 0 Å². The Labute approximate surface area is 75.3 Å². The van der Waals surface area contributed by atoms with Crippen molar-refractivity contribution in [1.82, 2.24) is 10.2 Å². The van der Waals surface area contributed by atoms with E-state index in [-0.39, 0.29) is 0 Å². The van der Waals surface area contributed by atoms with Gasteiger partial charge in [0.05, 0.1) is 0 Å². The van der Waals surface area contributed by atoms with Gasteiger partial charge in [-0.1, -0.05) is 13.8 Å². The molecule has 0 aromatic heterocycles. The summed E-state index contributed by atoms with van der Waals surface area (Å²) in [5.41, 5.74) is 0.588. The van der Waals surface area contributed by atoms with E-state index in [0.29, 0.717) is 5.54 Å². The maximum Gasteiger partial charge on any atom is 0.0458 e. The van der Waals surface area contributed by atoms with E-state index >= 15 is 0 Å². The zero-order chi connectivity index (χ0) is 8.60. The SMILES string of the molecule is CC(C)CN1CCCC12CNC2. The molecule has 2 heterocycles. The molecule has 2 rings (SSSR count). The van der Waals surface area contributed by atoms with Crippen molar-refractivity contribution in [3.05, 3.63) is 0 Å². The van der Waals surface area contributed by atoms with Gasteiger partial charge in [0.25, 0.3) is 0 Å². The molecule has 0 atom stereocenters. The monoisotopic (exact) mass is 168 g/mol. The highest BCUT2D eigenvalue weighted by molar-refractivity contribution is 5.05. The Bertz CT molecular complexity index is 161. The third-order valence-corrected chi connectivity index (χ3v) is 3.23. The molecule has 0 bridgehead atoms. The topological polar surface area (TPSA) is 15.3 Å². The van der Waals surface area contributed by atoms with Crippen molar-refractivity contribution in [3.8, 4) is 0 Å². The van der Waals surface area contributed by atoms with Crippen LogP contribution in [0, 0.1) is 5.92 Å². The van der Waals surface area contributed by atoms with Gasteiger partial charge in [0, 0.05) is 25.2 Å². The summed E-state index contributed by atoms with van der Waals surface area (Å²) in [5.74, 6) is 0.820. The number of hydrogen-bond donors (Lipinski definition) is 1. The molecule has 2 aliphatic heterocycles. The third kappa shape index (κ3) is 1.27. The van der Waals surface area contributed by atoms with Crippen LogP contribution < -0.4 is 5.32 Å². The van der Waals surface area contributed by atoms with Crippen LogP contribution >= 0.6 is 0 Å². The van der Waals surface area contributed by atoms with Crippen molar-refractivity contribution in [2.45, 2.75) is 32.2 Å². The second kappa shape index (κ2) is 3.00. The second-order valence-corrected chi connectivity index (χ2v) is 4.77. The Balaban J connectivity index is 1.95. The number of nitrogens with one attached hydrogen (secondary N) is 1. The van der Waals surface area contributed by atoms with E-state index in [4.69, 9.17) is 0 Å². The molecular weight excluding hydrogens is 148 g/mol. The molecule has 0 aliphatic carbocycles. The molecule has 0 aromatic carbocycles. The molecule has 12 heavy (non-hydrogen) atoms. The highest BCUT2D eigenvalue weighted by Gasteiger charge is 2.45. The van der Waals surface area contributed by atoms with E-state index in [9.17, 15) is 0 Å². The molecule has 0 saturated carbocycles. The molecule has 0 amide bonds. The molecule has 2 saturated heterocycles. The van der Waals surface area contributed by atoms with Crippen molar-refractivity contribution < 1.29 is 0 Å². The van der Waals surface area contributed by atoms with E-state index < -0.39 is 0 Å². The lowest BCUT2D eigenvalue weighted by atomic mass is 9.89. The Kier molecular flexibility index (Phi) is 2.13. The van der Waals surface area contributed by atoms with Crippen LogP contribution in [0.5, 0.6) is 0 Å². The molecule has 0 aromatic rings. The van der Waals surface area contributed by atoms with Crippen molar-refractivity contribution >= 4 is 0 Å². The van der Waals surface area contributed by atoms with Crippen molar-refractivity contribution in [2.75, 3.05) is 26.2 Å². The van der Waals surface area contributed by atoms with Crippen LogP contribution in [0.1, 0.15) is 26.7 Å². The first-order chi connectivity index (χ1) is 5.73. The summed E-state index contributed by atoms with van der Waals surface area (Å²) in [6.07, 6.45) is 2.83. The smallest absolute Gasteiger partial charge is 0.0458 e. The van der Waals surface area contributed by atoms with Gasteiger partial charge >= 0.3 is 0 Å². The van der Waals surface area contributed by atoms with Crippen LogP contribution in [-0.2, 0) is 0 Å². The predicted octanol–water partition coefficient (Wildman–Crippen LogP) is 1.08. The number of rotatable bonds is 2. The van der Waals surface area contributed by atoms with E-state index in [0.717, 1.165) is 5.92 Å². The lowest BCUT2D eigenvalue weighted by Crippen LogP contribution is -2.66. The first-order valence-electron chi connectivity index (χ1n) is 5.19. The normalized spacial score (nSPS) is 28.2. The van der Waals surface area contributed by atoms with Gasteiger partial charge in [0.1, 0.15) is 0 Å². The standard InChI is InChI=1S/C10H20N2/c1-9(2)6-12-5-3-4-10(12)7-11-8-10/h9,11H,3-8H2,1-2H3. The largest absolute Gasteiger partial charge is 0.313 e. The fourth-order valence-electron chi connectivity index (χ4n) is 2.53. The molecule has 0 unspecified atom stereocenters. The van der Waals surface area contributed by atoms with Gasteiger partial charge in [0.2, 0.25) is 0 Å². The molecule has 70 valence electrons. The lowest BCUT2D eigenvalue weighted by Gasteiger charge is -2.47. The Morgan fingerprint density at radius 1 is 1.42 bits per heavy atom. The third-order valence-electron chi connectivity index (χ3n) is 3.23. The molecule has 0 radical (unpaired) electrons. The maximum atomic E-state index is 3.41. The first kappa shape index (κ1) is 8.52. The van der Waals surface area contributed by atoms with E-state index in [2.05, 4.69) is 24.1 Å². The summed E-state index contributed by atoms with van der Waals surface area (Å²) in [5, 5.41) is 3.41. The molecular formula is C10H20N2. The fourth-order valence-corrected chi connectivity index (χ4v) is 2.53.